The van der Waals surface area contributed by atoms with Crippen molar-refractivity contribution >= 4 is 28.0 Å². The van der Waals surface area contributed by atoms with E-state index in [-0.39, 0.29) is 29.6 Å². The molecule has 0 atom stereocenters. The van der Waals surface area contributed by atoms with Crippen LogP contribution >= 0.6 is 11.3 Å². The van der Waals surface area contributed by atoms with Gasteiger partial charge in [-0.15, -0.1) is 0 Å². The van der Waals surface area contributed by atoms with Gasteiger partial charge in [-0.25, -0.2) is 4.68 Å². The number of nitrogens with zero attached hydrogens (tertiary/aromatic N) is 2. The Hall–Kier alpha value is -2.67. The van der Waals surface area contributed by atoms with Gasteiger partial charge in [0.15, 0.2) is 0 Å². The first-order valence-corrected chi connectivity index (χ1v) is 9.10. The molecule has 0 spiro atoms. The van der Waals surface area contributed by atoms with E-state index in [1.165, 1.54) is 0 Å². The second-order valence-electron chi connectivity index (χ2n) is 6.26. The number of H-pyrrole nitrogens is 1. The van der Waals surface area contributed by atoms with E-state index < -0.39 is 0 Å². The fourth-order valence-electron chi connectivity index (χ4n) is 2.97. The molecule has 1 N–H and O–H groups in total. The lowest BCUT2D eigenvalue weighted by molar-refractivity contribution is -0.133. The van der Waals surface area contributed by atoms with Crippen molar-refractivity contribution in [2.24, 2.45) is 0 Å². The maximum Gasteiger partial charge on any atom is 0.273 e. The Morgan fingerprint density at radius 2 is 1.96 bits per heavy atom. The summed E-state index contributed by atoms with van der Waals surface area (Å²) in [5.74, 6) is -0.151. The van der Waals surface area contributed by atoms with Crippen molar-refractivity contribution in [2.75, 3.05) is 0 Å². The van der Waals surface area contributed by atoms with Gasteiger partial charge in [-0.3, -0.25) is 19.5 Å². The average Bonchev–Trinajstić information content (AvgIpc) is 3.33. The standard InChI is InChI=1S/C18H17N3O3S/c22-16(20(13-5-6-13)9-12-7-8-25-11-12)10-21-18(24)15-4-2-1-3-14(15)17(23)19-21/h1-4,7-8,11,13H,5-6,9-10H2,(H,19,23). The fourth-order valence-corrected chi connectivity index (χ4v) is 3.63. The summed E-state index contributed by atoms with van der Waals surface area (Å²) in [6, 6.07) is 8.87. The maximum absolute atomic E-state index is 12.8. The predicted octanol–water partition coefficient (Wildman–Crippen LogP) is 1.94. The van der Waals surface area contributed by atoms with Crippen LogP contribution in [0.1, 0.15) is 18.4 Å². The van der Waals surface area contributed by atoms with Crippen molar-refractivity contribution in [3.05, 3.63) is 67.4 Å². The number of thiophene rings is 1. The molecule has 4 rings (SSSR count). The van der Waals surface area contributed by atoms with Crippen LogP contribution in [0.3, 0.4) is 0 Å². The van der Waals surface area contributed by atoms with Gasteiger partial charge in [-0.1, -0.05) is 12.1 Å². The Balaban J connectivity index is 1.63. The van der Waals surface area contributed by atoms with Crippen molar-refractivity contribution in [2.45, 2.75) is 32.0 Å². The van der Waals surface area contributed by atoms with E-state index in [1.54, 1.807) is 35.6 Å². The minimum atomic E-state index is -0.362. The van der Waals surface area contributed by atoms with Crippen LogP contribution in [-0.2, 0) is 17.9 Å². The van der Waals surface area contributed by atoms with Gasteiger partial charge in [0.2, 0.25) is 5.91 Å². The molecule has 0 radical (unpaired) electrons. The first-order valence-electron chi connectivity index (χ1n) is 8.16. The van der Waals surface area contributed by atoms with Crippen molar-refractivity contribution in [3.8, 4) is 0 Å². The number of nitrogens with one attached hydrogen (secondary N) is 1. The SMILES string of the molecule is O=C(Cn1[nH]c(=O)c2ccccc2c1=O)N(Cc1ccsc1)C1CC1. The predicted molar refractivity (Wildman–Crippen MR) is 96.7 cm³/mol. The van der Waals surface area contributed by atoms with Gasteiger partial charge in [0.1, 0.15) is 6.54 Å². The van der Waals surface area contributed by atoms with E-state index in [9.17, 15) is 14.4 Å². The highest BCUT2D eigenvalue weighted by Crippen LogP contribution is 2.29. The molecule has 1 aromatic carbocycles. The minimum absolute atomic E-state index is 0.151. The zero-order chi connectivity index (χ0) is 17.4. The highest BCUT2D eigenvalue weighted by atomic mass is 32.1. The monoisotopic (exact) mass is 355 g/mol. The number of fused-ring (bicyclic) bond motifs is 1. The van der Waals surface area contributed by atoms with Gasteiger partial charge >= 0.3 is 0 Å². The Kier molecular flexibility index (Phi) is 4.01. The molecule has 1 amide bonds. The van der Waals surface area contributed by atoms with Gasteiger partial charge in [0.05, 0.1) is 10.8 Å². The van der Waals surface area contributed by atoms with Crippen molar-refractivity contribution < 1.29 is 4.79 Å². The first-order chi connectivity index (χ1) is 12.1. The molecule has 25 heavy (non-hydrogen) atoms. The Bertz CT molecular complexity index is 1030. The topological polar surface area (TPSA) is 75.2 Å². The highest BCUT2D eigenvalue weighted by Gasteiger charge is 2.32. The summed E-state index contributed by atoms with van der Waals surface area (Å²) in [6.45, 7) is 0.388. The number of benzene rings is 1. The molecule has 0 aliphatic heterocycles. The summed E-state index contributed by atoms with van der Waals surface area (Å²) in [5, 5.41) is 7.20. The lowest BCUT2D eigenvalue weighted by atomic mass is 10.2. The smallest absolute Gasteiger partial charge is 0.273 e. The molecule has 0 saturated heterocycles. The lowest BCUT2D eigenvalue weighted by Crippen LogP contribution is -2.40. The summed E-state index contributed by atoms with van der Waals surface area (Å²) in [5.41, 5.74) is 0.373. The zero-order valence-electron chi connectivity index (χ0n) is 13.5. The van der Waals surface area contributed by atoms with Gasteiger partial charge < -0.3 is 4.90 Å². The van der Waals surface area contributed by atoms with Gasteiger partial charge in [-0.05, 0) is 47.4 Å². The van der Waals surface area contributed by atoms with Crippen molar-refractivity contribution in [3.63, 3.8) is 0 Å². The van der Waals surface area contributed by atoms with E-state index in [0.717, 1.165) is 23.1 Å². The van der Waals surface area contributed by atoms with Crippen LogP contribution in [0.15, 0.2) is 50.7 Å². The minimum Gasteiger partial charge on any atom is -0.334 e. The second kappa shape index (κ2) is 6.33. The summed E-state index contributed by atoms with van der Waals surface area (Å²) >= 11 is 1.59. The molecule has 6 nitrogen and oxygen atoms in total. The number of carbonyl (C=O) groups excluding carboxylic acids is 1. The molecule has 0 bridgehead atoms. The van der Waals surface area contributed by atoms with E-state index in [2.05, 4.69) is 5.10 Å². The van der Waals surface area contributed by atoms with E-state index in [1.807, 2.05) is 21.7 Å². The normalized spacial score (nSPS) is 13.9. The third kappa shape index (κ3) is 3.15. The number of carbonyl (C=O) groups is 1. The summed E-state index contributed by atoms with van der Waals surface area (Å²) in [7, 11) is 0. The number of rotatable bonds is 5. The average molecular weight is 355 g/mol. The number of aromatic amines is 1. The van der Waals surface area contributed by atoms with Gasteiger partial charge in [-0.2, -0.15) is 11.3 Å². The first kappa shape index (κ1) is 15.8. The number of aromatic nitrogens is 2. The molecule has 7 heteroatoms. The number of hydrogen-bond donors (Lipinski definition) is 1. The highest BCUT2D eigenvalue weighted by molar-refractivity contribution is 7.07. The van der Waals surface area contributed by atoms with Gasteiger partial charge in [0.25, 0.3) is 11.1 Å². The third-order valence-corrected chi connectivity index (χ3v) is 5.15. The Morgan fingerprint density at radius 1 is 1.20 bits per heavy atom. The van der Waals surface area contributed by atoms with E-state index in [4.69, 9.17) is 0 Å². The molecular weight excluding hydrogens is 338 g/mol. The summed E-state index contributed by atoms with van der Waals surface area (Å²) < 4.78 is 1.12. The number of hydrogen-bond acceptors (Lipinski definition) is 4. The van der Waals surface area contributed by atoms with Crippen molar-refractivity contribution in [1.82, 2.24) is 14.7 Å². The Morgan fingerprint density at radius 3 is 2.64 bits per heavy atom. The van der Waals surface area contributed by atoms with Gasteiger partial charge in [0, 0.05) is 12.6 Å². The summed E-state index contributed by atoms with van der Waals surface area (Å²) in [6.07, 6.45) is 1.97. The fraction of sp³-hybridized carbons (Fsp3) is 0.278. The quantitative estimate of drug-likeness (QED) is 0.760. The molecule has 1 fully saturated rings. The van der Waals surface area contributed by atoms with Crippen LogP contribution in [0, 0.1) is 0 Å². The number of amides is 1. The largest absolute Gasteiger partial charge is 0.334 e. The third-order valence-electron chi connectivity index (χ3n) is 4.42. The van der Waals surface area contributed by atoms with Crippen LogP contribution in [-0.4, -0.2) is 26.6 Å². The summed E-state index contributed by atoms with van der Waals surface area (Å²) in [4.78, 5) is 39.3. The van der Waals surface area contributed by atoms with E-state index >= 15 is 0 Å². The molecule has 2 heterocycles. The Labute approximate surface area is 147 Å². The molecule has 1 aliphatic carbocycles. The molecule has 128 valence electrons. The van der Waals surface area contributed by atoms with Crippen LogP contribution in [0.25, 0.3) is 10.8 Å². The van der Waals surface area contributed by atoms with Crippen LogP contribution in [0.2, 0.25) is 0 Å². The zero-order valence-corrected chi connectivity index (χ0v) is 14.3. The van der Waals surface area contributed by atoms with Crippen molar-refractivity contribution in [1.29, 1.82) is 0 Å². The van der Waals surface area contributed by atoms with Crippen LogP contribution < -0.4 is 11.1 Å². The molecule has 2 aromatic heterocycles. The lowest BCUT2D eigenvalue weighted by Gasteiger charge is -2.22. The molecular formula is C18H17N3O3S. The second-order valence-corrected chi connectivity index (χ2v) is 7.04. The van der Waals surface area contributed by atoms with Crippen LogP contribution in [0.4, 0.5) is 0 Å². The van der Waals surface area contributed by atoms with E-state index in [0.29, 0.717) is 17.3 Å². The molecule has 3 aromatic rings. The maximum atomic E-state index is 12.8. The van der Waals surface area contributed by atoms with Crippen LogP contribution in [0.5, 0.6) is 0 Å². The molecule has 1 aliphatic rings. The molecule has 1 saturated carbocycles. The molecule has 0 unspecified atom stereocenters.